The van der Waals surface area contributed by atoms with Gasteiger partial charge < -0.3 is 25.3 Å². The summed E-state index contributed by atoms with van der Waals surface area (Å²) >= 11 is 0. The lowest BCUT2D eigenvalue weighted by molar-refractivity contribution is -0.288. The third kappa shape index (κ3) is 20.3. The number of piperidine rings is 3. The van der Waals surface area contributed by atoms with Gasteiger partial charge in [-0.1, -0.05) is 130 Å². The molecule has 3 aliphatic rings. The van der Waals surface area contributed by atoms with Crippen LogP contribution in [0.15, 0.2) is 0 Å². The van der Waals surface area contributed by atoms with Crippen LogP contribution in [-0.4, -0.2) is 142 Å². The molecule has 0 spiro atoms. The Labute approximate surface area is 416 Å². The Morgan fingerprint density at radius 3 is 1.31 bits per heavy atom. The van der Waals surface area contributed by atoms with E-state index in [-0.39, 0.29) is 42.4 Å². The third-order valence-electron chi connectivity index (χ3n) is 14.9. The largest absolute Gasteiger partial charge is 0.395 e. The summed E-state index contributed by atoms with van der Waals surface area (Å²) in [5.41, 5.74) is -0.317. The number of hydrogen-bond donors (Lipinski definition) is 3. The molecule has 0 saturated carbocycles. The minimum absolute atomic E-state index is 0.00178. The van der Waals surface area contributed by atoms with Gasteiger partial charge in [-0.25, -0.2) is 0 Å². The van der Waals surface area contributed by atoms with Crippen molar-refractivity contribution in [1.29, 1.82) is 0 Å². The summed E-state index contributed by atoms with van der Waals surface area (Å²) in [7, 11) is 0. The second-order valence-corrected chi connectivity index (χ2v) is 21.8. The number of nitrogens with zero attached hydrogens (tertiary/aromatic N) is 8. The molecule has 14 heteroatoms. The Hall–Kier alpha value is -1.91. The Kier molecular flexibility index (Phi) is 28.4. The van der Waals surface area contributed by atoms with E-state index in [2.05, 4.69) is 85.7 Å². The maximum absolute atomic E-state index is 10.6. The zero-order valence-electron chi connectivity index (χ0n) is 45.2. The molecule has 0 amide bonds. The Morgan fingerprint density at radius 2 is 0.926 bits per heavy atom. The SMILES string of the molecule is CCCCCCCCON1CCC(N(CCO)c2nc(NC(CCC)C3CC(C)(C)N(OCCCCCCCC)C(C)(C)C3)nc(N(CCO)C3CCN(OCCCCCCCC)CC3)n2)CC1. The summed E-state index contributed by atoms with van der Waals surface area (Å²) in [5, 5.41) is 31.7. The Bertz CT molecular complexity index is 1340. The van der Waals surface area contributed by atoms with E-state index in [0.717, 1.165) is 117 Å². The monoisotopic (exact) mass is 960 g/mol. The first-order valence-electron chi connectivity index (χ1n) is 28.5. The van der Waals surface area contributed by atoms with Gasteiger partial charge in [0.25, 0.3) is 0 Å². The molecule has 1 unspecified atom stereocenters. The summed E-state index contributed by atoms with van der Waals surface area (Å²) in [4.78, 5) is 39.4. The maximum Gasteiger partial charge on any atom is 0.232 e. The molecule has 0 bridgehead atoms. The standard InChI is InChI=1S/C54H105N9O5/c1-9-13-16-19-22-25-41-66-59-33-29-47(30-34-59)61(37-39-64)51-56-50(57-52(58-51)62(38-40-65)48-31-35-60(36-32-48)67-42-26-23-20-17-14-10-2)55-49(28-12-4)46-44-53(5,6)63(54(7,8)45-46)68-43-27-24-21-18-15-11-3/h46-49,64-65H,9-45H2,1-8H3,(H,55,56,57,58). The molecule has 1 atom stereocenters. The first-order chi connectivity index (χ1) is 33.0. The summed E-state index contributed by atoms with van der Waals surface area (Å²) in [5.74, 6) is 2.12. The van der Waals surface area contributed by atoms with Gasteiger partial charge >= 0.3 is 0 Å². The van der Waals surface area contributed by atoms with Crippen LogP contribution in [0.4, 0.5) is 17.8 Å². The van der Waals surface area contributed by atoms with Gasteiger partial charge in [0.2, 0.25) is 17.8 Å². The second-order valence-electron chi connectivity index (χ2n) is 21.8. The molecule has 68 heavy (non-hydrogen) atoms. The summed E-state index contributed by atoms with van der Waals surface area (Å²) in [6, 6.07) is 0.427. The minimum atomic E-state index is -0.159. The molecule has 396 valence electrons. The molecule has 3 N–H and O–H groups in total. The van der Waals surface area contributed by atoms with E-state index in [0.29, 0.717) is 36.9 Å². The number of hydrogen-bond acceptors (Lipinski definition) is 14. The van der Waals surface area contributed by atoms with Crippen LogP contribution in [-0.2, 0) is 14.5 Å². The van der Waals surface area contributed by atoms with Crippen LogP contribution in [0, 0.1) is 5.92 Å². The first-order valence-corrected chi connectivity index (χ1v) is 28.5. The third-order valence-corrected chi connectivity index (χ3v) is 14.9. The molecule has 1 aromatic rings. The zero-order chi connectivity index (χ0) is 49.0. The van der Waals surface area contributed by atoms with Crippen LogP contribution in [0.1, 0.15) is 222 Å². The van der Waals surface area contributed by atoms with E-state index in [1.54, 1.807) is 0 Å². The lowest BCUT2D eigenvalue weighted by atomic mass is 9.71. The number of aromatic nitrogens is 3. The fourth-order valence-corrected chi connectivity index (χ4v) is 11.4. The van der Waals surface area contributed by atoms with Crippen LogP contribution >= 0.6 is 0 Å². The van der Waals surface area contributed by atoms with Crippen LogP contribution in [0.2, 0.25) is 0 Å². The van der Waals surface area contributed by atoms with E-state index in [1.807, 2.05) is 0 Å². The smallest absolute Gasteiger partial charge is 0.232 e. The van der Waals surface area contributed by atoms with Gasteiger partial charge in [-0.15, -0.1) is 0 Å². The predicted octanol–water partition coefficient (Wildman–Crippen LogP) is 11.1. The van der Waals surface area contributed by atoms with Crippen molar-refractivity contribution >= 4 is 17.8 Å². The number of unbranched alkanes of at least 4 members (excludes halogenated alkanes) is 15. The van der Waals surface area contributed by atoms with Crippen molar-refractivity contribution in [3.8, 4) is 0 Å². The molecule has 0 radical (unpaired) electrons. The Morgan fingerprint density at radius 1 is 0.544 bits per heavy atom. The van der Waals surface area contributed by atoms with Gasteiger partial charge in [0.15, 0.2) is 0 Å². The summed E-state index contributed by atoms with van der Waals surface area (Å²) in [6.07, 6.45) is 30.1. The number of hydroxylamine groups is 6. The van der Waals surface area contributed by atoms with Crippen LogP contribution < -0.4 is 15.1 Å². The molecule has 0 aromatic carbocycles. The summed E-state index contributed by atoms with van der Waals surface area (Å²) < 4.78 is 0. The number of aliphatic hydroxyl groups is 2. The van der Waals surface area contributed by atoms with Crippen molar-refractivity contribution in [3.05, 3.63) is 0 Å². The highest BCUT2D eigenvalue weighted by atomic mass is 16.7. The van der Waals surface area contributed by atoms with Crippen LogP contribution in [0.3, 0.4) is 0 Å². The van der Waals surface area contributed by atoms with Gasteiger partial charge in [-0.3, -0.25) is 14.5 Å². The van der Waals surface area contributed by atoms with Crippen molar-refractivity contribution in [3.63, 3.8) is 0 Å². The van der Waals surface area contributed by atoms with E-state index in [4.69, 9.17) is 29.5 Å². The minimum Gasteiger partial charge on any atom is -0.395 e. The Balaban J connectivity index is 1.54. The quantitative estimate of drug-likeness (QED) is 0.0546. The summed E-state index contributed by atoms with van der Waals surface area (Å²) in [6.45, 7) is 24.9. The average Bonchev–Trinajstić information content (AvgIpc) is 3.32. The van der Waals surface area contributed by atoms with E-state index >= 15 is 0 Å². The number of rotatable bonds is 37. The fourth-order valence-electron chi connectivity index (χ4n) is 11.4. The highest BCUT2D eigenvalue weighted by molar-refractivity contribution is 5.47. The van der Waals surface area contributed by atoms with E-state index in [1.165, 1.54) is 96.3 Å². The molecule has 4 rings (SSSR count). The molecular weight excluding hydrogens is 855 g/mol. The molecular formula is C54H105N9O5. The maximum atomic E-state index is 10.6. The number of nitrogens with one attached hydrogen (secondary N) is 1. The topological polar surface area (TPSA) is 135 Å². The number of anilines is 3. The number of aliphatic hydroxyl groups excluding tert-OH is 2. The van der Waals surface area contributed by atoms with E-state index in [9.17, 15) is 10.2 Å². The average molecular weight is 960 g/mol. The molecule has 4 heterocycles. The van der Waals surface area contributed by atoms with Crippen LogP contribution in [0.25, 0.3) is 0 Å². The van der Waals surface area contributed by atoms with Gasteiger partial charge in [-0.2, -0.15) is 30.1 Å². The van der Waals surface area contributed by atoms with Gasteiger partial charge in [0.05, 0.1) is 33.0 Å². The van der Waals surface area contributed by atoms with Gasteiger partial charge in [0, 0.05) is 68.5 Å². The highest BCUT2D eigenvalue weighted by Gasteiger charge is 2.48. The van der Waals surface area contributed by atoms with Crippen molar-refractivity contribution in [2.45, 2.75) is 252 Å². The van der Waals surface area contributed by atoms with Crippen molar-refractivity contribution in [2.75, 3.05) is 87.4 Å². The molecule has 3 fully saturated rings. The molecule has 0 aliphatic carbocycles. The molecule has 3 saturated heterocycles. The van der Waals surface area contributed by atoms with Crippen molar-refractivity contribution < 1.29 is 24.7 Å². The lowest BCUT2D eigenvalue weighted by Gasteiger charge is -2.55. The van der Waals surface area contributed by atoms with Gasteiger partial charge in [-0.05, 0) is 97.8 Å². The molecule has 3 aliphatic heterocycles. The fraction of sp³-hybridized carbons (Fsp3) is 0.944. The van der Waals surface area contributed by atoms with Crippen molar-refractivity contribution in [2.24, 2.45) is 5.92 Å². The lowest BCUT2D eigenvalue weighted by Crippen LogP contribution is -2.62. The zero-order valence-corrected chi connectivity index (χ0v) is 45.2. The van der Waals surface area contributed by atoms with E-state index < -0.39 is 0 Å². The van der Waals surface area contributed by atoms with Gasteiger partial charge in [0.1, 0.15) is 0 Å². The molecule has 1 aromatic heterocycles. The predicted molar refractivity (Wildman–Crippen MR) is 281 cm³/mol. The molecule has 14 nitrogen and oxygen atoms in total. The highest BCUT2D eigenvalue weighted by Crippen LogP contribution is 2.44. The first kappa shape index (κ1) is 58.7. The van der Waals surface area contributed by atoms with Crippen LogP contribution in [0.5, 0.6) is 0 Å². The normalized spacial score (nSPS) is 19.4. The second kappa shape index (κ2) is 32.9. The van der Waals surface area contributed by atoms with Crippen molar-refractivity contribution in [1.82, 2.24) is 30.1 Å².